The second-order valence-corrected chi connectivity index (χ2v) is 5.46. The Labute approximate surface area is 142 Å². The van der Waals surface area contributed by atoms with Crippen LogP contribution in [-0.2, 0) is 13.5 Å². The van der Waals surface area contributed by atoms with E-state index in [0.29, 0.717) is 12.0 Å². The Morgan fingerprint density at radius 3 is 2.73 bits per heavy atom. The van der Waals surface area contributed by atoms with Crippen LogP contribution in [0.2, 0.25) is 0 Å². The fraction of sp³-hybridized carbons (Fsp3) is 0.500. The van der Waals surface area contributed by atoms with Gasteiger partial charge in [0.15, 0.2) is 0 Å². The zero-order valence-electron chi connectivity index (χ0n) is 12.5. The first-order valence-corrected chi connectivity index (χ1v) is 6.99. The molecular formula is C14H22Cl2N6. The number of aryl methyl sites for hydroxylation is 1. The van der Waals surface area contributed by atoms with Gasteiger partial charge in [0.2, 0.25) is 0 Å². The van der Waals surface area contributed by atoms with Gasteiger partial charge in [-0.25, -0.2) is 9.97 Å². The summed E-state index contributed by atoms with van der Waals surface area (Å²) in [5.41, 5.74) is 8.15. The number of aromatic nitrogens is 4. The Morgan fingerprint density at radius 2 is 2.09 bits per heavy atom. The fourth-order valence-electron chi connectivity index (χ4n) is 2.53. The Hall–Kier alpha value is -1.37. The molecule has 2 aromatic heterocycles. The third kappa shape index (κ3) is 4.56. The van der Waals surface area contributed by atoms with Crippen molar-refractivity contribution in [3.63, 3.8) is 0 Å². The summed E-state index contributed by atoms with van der Waals surface area (Å²) in [5, 5.41) is 7.49. The van der Waals surface area contributed by atoms with Gasteiger partial charge in [0.05, 0.1) is 6.20 Å². The van der Waals surface area contributed by atoms with E-state index in [1.54, 1.807) is 6.33 Å². The van der Waals surface area contributed by atoms with Crippen LogP contribution in [0, 0.1) is 0 Å². The number of anilines is 1. The molecule has 1 aliphatic rings. The minimum Gasteiger partial charge on any atom is -0.370 e. The Bertz CT molecular complexity index is 582. The molecule has 2 aromatic rings. The lowest BCUT2D eigenvalue weighted by Gasteiger charge is -2.31. The summed E-state index contributed by atoms with van der Waals surface area (Å²) in [7, 11) is 1.93. The normalized spacial score (nSPS) is 19.5. The molecule has 0 radical (unpaired) electrons. The third-order valence-corrected chi connectivity index (χ3v) is 3.76. The molecule has 8 heteroatoms. The van der Waals surface area contributed by atoms with Crippen molar-refractivity contribution < 1.29 is 0 Å². The van der Waals surface area contributed by atoms with E-state index in [1.165, 1.54) is 5.56 Å². The quantitative estimate of drug-likeness (QED) is 0.865. The molecule has 6 nitrogen and oxygen atoms in total. The van der Waals surface area contributed by atoms with E-state index in [0.717, 1.165) is 37.3 Å². The van der Waals surface area contributed by atoms with Gasteiger partial charge in [-0.3, -0.25) is 4.68 Å². The highest BCUT2D eigenvalue weighted by Gasteiger charge is 2.28. The van der Waals surface area contributed by atoms with Gasteiger partial charge in [0.25, 0.3) is 0 Å². The van der Waals surface area contributed by atoms with E-state index in [9.17, 15) is 0 Å². The Kier molecular flexibility index (Phi) is 7.06. The summed E-state index contributed by atoms with van der Waals surface area (Å²) in [6.45, 7) is 0.840. The molecule has 1 fully saturated rings. The van der Waals surface area contributed by atoms with Gasteiger partial charge >= 0.3 is 0 Å². The number of nitrogens with two attached hydrogens (primary N) is 1. The SMILES string of the molecule is Cl.Cl.Cn1cc(CCNc2cc(C3CC(N)C3)ncn2)cn1. The van der Waals surface area contributed by atoms with Crippen molar-refractivity contribution in [3.05, 3.63) is 36.0 Å². The zero-order valence-corrected chi connectivity index (χ0v) is 14.1. The van der Waals surface area contributed by atoms with Gasteiger partial charge in [0, 0.05) is 43.5 Å². The maximum Gasteiger partial charge on any atom is 0.129 e. The number of hydrogen-bond acceptors (Lipinski definition) is 5. The van der Waals surface area contributed by atoms with E-state index in [2.05, 4.69) is 20.4 Å². The predicted octanol–water partition coefficient (Wildman–Crippen LogP) is 1.91. The van der Waals surface area contributed by atoms with E-state index in [-0.39, 0.29) is 24.8 Å². The molecule has 2 heterocycles. The molecule has 1 aliphatic carbocycles. The molecule has 0 atom stereocenters. The lowest BCUT2D eigenvalue weighted by molar-refractivity contribution is 0.345. The van der Waals surface area contributed by atoms with Crippen LogP contribution >= 0.6 is 24.8 Å². The Morgan fingerprint density at radius 1 is 1.32 bits per heavy atom. The minimum atomic E-state index is 0. The molecule has 0 aromatic carbocycles. The molecule has 0 bridgehead atoms. The average Bonchev–Trinajstić information content (AvgIpc) is 2.81. The van der Waals surface area contributed by atoms with Crippen molar-refractivity contribution >= 4 is 30.6 Å². The van der Waals surface area contributed by atoms with Crippen LogP contribution in [0.15, 0.2) is 24.8 Å². The van der Waals surface area contributed by atoms with Crippen molar-refractivity contribution in [2.24, 2.45) is 12.8 Å². The highest BCUT2D eigenvalue weighted by atomic mass is 35.5. The largest absolute Gasteiger partial charge is 0.370 e. The molecule has 0 amide bonds. The highest BCUT2D eigenvalue weighted by Crippen LogP contribution is 2.34. The second kappa shape index (κ2) is 8.31. The van der Waals surface area contributed by atoms with Crippen LogP contribution in [0.4, 0.5) is 5.82 Å². The molecule has 3 N–H and O–H groups in total. The van der Waals surface area contributed by atoms with Crippen molar-refractivity contribution in [1.82, 2.24) is 19.7 Å². The highest BCUT2D eigenvalue weighted by molar-refractivity contribution is 5.85. The number of rotatable bonds is 5. The van der Waals surface area contributed by atoms with Crippen LogP contribution in [0.1, 0.15) is 30.0 Å². The van der Waals surface area contributed by atoms with Crippen LogP contribution in [0.5, 0.6) is 0 Å². The van der Waals surface area contributed by atoms with Crippen molar-refractivity contribution in [1.29, 1.82) is 0 Å². The fourth-order valence-corrected chi connectivity index (χ4v) is 2.53. The summed E-state index contributed by atoms with van der Waals surface area (Å²) in [5.74, 6) is 1.39. The summed E-state index contributed by atoms with van der Waals surface area (Å²) < 4.78 is 1.82. The van der Waals surface area contributed by atoms with Gasteiger partial charge in [-0.2, -0.15) is 5.10 Å². The van der Waals surface area contributed by atoms with Gasteiger partial charge in [-0.05, 0) is 24.8 Å². The Balaban J connectivity index is 0.00000121. The number of nitrogens with one attached hydrogen (secondary N) is 1. The average molecular weight is 345 g/mol. The smallest absolute Gasteiger partial charge is 0.129 e. The summed E-state index contributed by atoms with van der Waals surface area (Å²) in [4.78, 5) is 8.61. The van der Waals surface area contributed by atoms with E-state index >= 15 is 0 Å². The molecule has 0 saturated heterocycles. The predicted molar refractivity (Wildman–Crippen MR) is 91.9 cm³/mol. The van der Waals surface area contributed by atoms with Crippen LogP contribution in [0.3, 0.4) is 0 Å². The first-order chi connectivity index (χ1) is 9.70. The molecular weight excluding hydrogens is 323 g/mol. The maximum atomic E-state index is 5.82. The van der Waals surface area contributed by atoms with E-state index in [4.69, 9.17) is 5.73 Å². The molecule has 1 saturated carbocycles. The molecule has 22 heavy (non-hydrogen) atoms. The monoisotopic (exact) mass is 344 g/mol. The third-order valence-electron chi connectivity index (χ3n) is 3.76. The lowest BCUT2D eigenvalue weighted by Crippen LogP contribution is -2.35. The zero-order chi connectivity index (χ0) is 13.9. The first-order valence-electron chi connectivity index (χ1n) is 6.99. The topological polar surface area (TPSA) is 81.7 Å². The van der Waals surface area contributed by atoms with Crippen molar-refractivity contribution in [2.75, 3.05) is 11.9 Å². The van der Waals surface area contributed by atoms with Gasteiger partial charge in [-0.1, -0.05) is 0 Å². The van der Waals surface area contributed by atoms with Crippen LogP contribution < -0.4 is 11.1 Å². The molecule has 0 aliphatic heterocycles. The maximum absolute atomic E-state index is 5.82. The number of hydrogen-bond donors (Lipinski definition) is 2. The second-order valence-electron chi connectivity index (χ2n) is 5.46. The van der Waals surface area contributed by atoms with Gasteiger partial charge in [-0.15, -0.1) is 24.8 Å². The molecule has 3 rings (SSSR count). The van der Waals surface area contributed by atoms with Crippen LogP contribution in [0.25, 0.3) is 0 Å². The number of halogens is 2. The standard InChI is InChI=1S/C14H20N6.2ClH/c1-20-8-10(7-19-20)2-3-16-14-6-13(17-9-18-14)11-4-12(15)5-11;;/h6-9,11-12H,2-5,15H2,1H3,(H,16,17,18);2*1H. The van der Waals surface area contributed by atoms with Gasteiger partial charge < -0.3 is 11.1 Å². The van der Waals surface area contributed by atoms with Crippen molar-refractivity contribution in [2.45, 2.75) is 31.2 Å². The van der Waals surface area contributed by atoms with Crippen molar-refractivity contribution in [3.8, 4) is 0 Å². The van der Waals surface area contributed by atoms with E-state index < -0.39 is 0 Å². The number of nitrogens with zero attached hydrogens (tertiary/aromatic N) is 4. The van der Waals surface area contributed by atoms with Gasteiger partial charge in [0.1, 0.15) is 12.1 Å². The first kappa shape index (κ1) is 18.7. The summed E-state index contributed by atoms with van der Waals surface area (Å²) in [6, 6.07) is 2.39. The minimum absolute atomic E-state index is 0. The summed E-state index contributed by atoms with van der Waals surface area (Å²) >= 11 is 0. The molecule has 0 unspecified atom stereocenters. The molecule has 122 valence electrons. The van der Waals surface area contributed by atoms with E-state index in [1.807, 2.05) is 30.2 Å². The molecule has 0 spiro atoms. The van der Waals surface area contributed by atoms with Crippen LogP contribution in [-0.4, -0.2) is 32.3 Å². The lowest BCUT2D eigenvalue weighted by atomic mass is 9.79. The summed E-state index contributed by atoms with van der Waals surface area (Å²) in [6.07, 6.45) is 8.55.